The molecule has 0 unspecified atom stereocenters. The largest absolute Gasteiger partial charge is 0.369 e. The van der Waals surface area contributed by atoms with E-state index in [1.54, 1.807) is 5.38 Å². The first-order valence-corrected chi connectivity index (χ1v) is 8.26. The molecule has 0 aliphatic heterocycles. The lowest BCUT2D eigenvalue weighted by atomic mass is 10.1. The quantitative estimate of drug-likeness (QED) is 0.771. The molecule has 0 bridgehead atoms. The van der Waals surface area contributed by atoms with E-state index in [0.29, 0.717) is 15.7 Å². The molecule has 0 saturated heterocycles. The second kappa shape index (κ2) is 5.86. The van der Waals surface area contributed by atoms with Gasteiger partial charge in [-0.2, -0.15) is 0 Å². The second-order valence-electron chi connectivity index (χ2n) is 4.79. The van der Waals surface area contributed by atoms with Crippen molar-refractivity contribution in [3.63, 3.8) is 0 Å². The van der Waals surface area contributed by atoms with Crippen molar-refractivity contribution in [2.45, 2.75) is 13.3 Å². The van der Waals surface area contributed by atoms with Crippen LogP contribution < -0.4 is 11.1 Å². The van der Waals surface area contributed by atoms with Gasteiger partial charge in [-0.15, -0.1) is 22.7 Å². The van der Waals surface area contributed by atoms with Gasteiger partial charge in [0.05, 0.1) is 17.0 Å². The minimum atomic E-state index is -0.441. The number of carbonyl (C=O) groups is 2. The van der Waals surface area contributed by atoms with Crippen LogP contribution in [0.1, 0.15) is 20.9 Å². The van der Waals surface area contributed by atoms with Gasteiger partial charge in [0, 0.05) is 10.1 Å². The third-order valence-electron chi connectivity index (χ3n) is 3.18. The fraction of sp³-hybridized carbons (Fsp3) is 0.133. The van der Waals surface area contributed by atoms with Crippen molar-refractivity contribution >= 4 is 49.7 Å². The van der Waals surface area contributed by atoms with E-state index in [-0.39, 0.29) is 12.3 Å². The average Bonchev–Trinajstić information content (AvgIpc) is 3.04. The Bertz CT molecular complexity index is 867. The van der Waals surface area contributed by atoms with E-state index in [9.17, 15) is 9.59 Å². The van der Waals surface area contributed by atoms with E-state index in [4.69, 9.17) is 5.73 Å². The zero-order valence-corrected chi connectivity index (χ0v) is 13.4. The maximum absolute atomic E-state index is 12.4. The molecule has 0 aliphatic rings. The fourth-order valence-electron chi connectivity index (χ4n) is 2.17. The molecule has 3 N–H and O–H groups in total. The number of nitrogens with zero attached hydrogens (tertiary/aromatic N) is 1. The van der Waals surface area contributed by atoms with E-state index in [1.807, 2.05) is 31.2 Å². The van der Waals surface area contributed by atoms with Crippen LogP contribution >= 0.6 is 22.7 Å². The summed E-state index contributed by atoms with van der Waals surface area (Å²) in [4.78, 5) is 28.1. The normalized spacial score (nSPS) is 10.8. The van der Waals surface area contributed by atoms with Gasteiger partial charge in [-0.1, -0.05) is 18.2 Å². The van der Waals surface area contributed by atoms with Gasteiger partial charge < -0.3 is 5.73 Å². The topological polar surface area (TPSA) is 85.1 Å². The monoisotopic (exact) mass is 331 g/mol. The van der Waals surface area contributed by atoms with Gasteiger partial charge in [0.2, 0.25) is 5.91 Å². The van der Waals surface area contributed by atoms with E-state index in [1.165, 1.54) is 22.7 Å². The van der Waals surface area contributed by atoms with Crippen LogP contribution in [0.2, 0.25) is 0 Å². The highest BCUT2D eigenvalue weighted by molar-refractivity contribution is 7.21. The zero-order chi connectivity index (χ0) is 15.7. The van der Waals surface area contributed by atoms with Gasteiger partial charge in [-0.3, -0.25) is 14.9 Å². The molecule has 3 aromatic rings. The van der Waals surface area contributed by atoms with Crippen molar-refractivity contribution in [2.75, 3.05) is 5.32 Å². The third-order valence-corrected chi connectivity index (χ3v) is 5.26. The Morgan fingerprint density at radius 1 is 1.32 bits per heavy atom. The number of aromatic nitrogens is 1. The van der Waals surface area contributed by atoms with Crippen LogP contribution in [0.4, 0.5) is 5.13 Å². The summed E-state index contributed by atoms with van der Waals surface area (Å²) in [6.45, 7) is 1.94. The number of thiophene rings is 1. The number of fused-ring (bicyclic) bond motifs is 1. The molecule has 0 aliphatic carbocycles. The van der Waals surface area contributed by atoms with Crippen LogP contribution in [0.15, 0.2) is 29.6 Å². The maximum atomic E-state index is 12.4. The highest BCUT2D eigenvalue weighted by atomic mass is 32.1. The van der Waals surface area contributed by atoms with Gasteiger partial charge in [0.15, 0.2) is 5.13 Å². The van der Waals surface area contributed by atoms with Crippen molar-refractivity contribution < 1.29 is 9.59 Å². The predicted octanol–water partition coefficient (Wildman–Crippen LogP) is 2.95. The molecule has 2 amide bonds. The highest BCUT2D eigenvalue weighted by Gasteiger charge is 2.16. The number of aryl methyl sites for hydroxylation is 1. The van der Waals surface area contributed by atoms with Crippen LogP contribution in [0.25, 0.3) is 10.1 Å². The number of hydrogen-bond donors (Lipinski definition) is 2. The van der Waals surface area contributed by atoms with Gasteiger partial charge in [0.1, 0.15) is 0 Å². The summed E-state index contributed by atoms with van der Waals surface area (Å²) in [5.41, 5.74) is 6.66. The molecule has 0 atom stereocenters. The Kier molecular flexibility index (Phi) is 3.91. The van der Waals surface area contributed by atoms with Crippen LogP contribution in [0.3, 0.4) is 0 Å². The number of anilines is 1. The van der Waals surface area contributed by atoms with Crippen molar-refractivity contribution in [1.82, 2.24) is 4.98 Å². The maximum Gasteiger partial charge on any atom is 0.267 e. The Morgan fingerprint density at radius 3 is 2.82 bits per heavy atom. The first kappa shape index (κ1) is 14.7. The summed E-state index contributed by atoms with van der Waals surface area (Å²) in [5.74, 6) is -0.623. The first-order chi connectivity index (χ1) is 10.5. The molecule has 3 rings (SSSR count). The lowest BCUT2D eigenvalue weighted by Crippen LogP contribution is -2.14. The van der Waals surface area contributed by atoms with Crippen LogP contribution in [-0.2, 0) is 11.2 Å². The molecule has 0 saturated carbocycles. The van der Waals surface area contributed by atoms with Gasteiger partial charge in [0.25, 0.3) is 5.91 Å². The Balaban J connectivity index is 1.82. The van der Waals surface area contributed by atoms with Crippen LogP contribution in [-0.4, -0.2) is 16.8 Å². The van der Waals surface area contributed by atoms with E-state index in [0.717, 1.165) is 15.6 Å². The Morgan fingerprint density at radius 2 is 2.09 bits per heavy atom. The van der Waals surface area contributed by atoms with E-state index < -0.39 is 5.91 Å². The standard InChI is InChI=1S/C15H13N3O2S2/c1-8-10-4-2-3-5-11(10)22-13(8)14(20)18-15-17-9(7-21-15)6-12(16)19/h2-5,7H,6H2,1H3,(H2,16,19)(H,17,18,20). The van der Waals surface area contributed by atoms with Crippen molar-refractivity contribution in [3.8, 4) is 0 Å². The fourth-order valence-corrected chi connectivity index (χ4v) is 3.98. The molecular formula is C15H13N3O2S2. The van der Waals surface area contributed by atoms with Gasteiger partial charge in [-0.05, 0) is 23.9 Å². The lowest BCUT2D eigenvalue weighted by Gasteiger charge is -2.00. The molecule has 5 nitrogen and oxygen atoms in total. The molecular weight excluding hydrogens is 318 g/mol. The number of nitrogens with one attached hydrogen (secondary N) is 1. The number of nitrogens with two attached hydrogens (primary N) is 1. The second-order valence-corrected chi connectivity index (χ2v) is 6.70. The minimum Gasteiger partial charge on any atom is -0.369 e. The minimum absolute atomic E-state index is 0.0777. The summed E-state index contributed by atoms with van der Waals surface area (Å²) in [6.07, 6.45) is 0.0777. The number of amides is 2. The molecule has 112 valence electrons. The average molecular weight is 331 g/mol. The summed E-state index contributed by atoms with van der Waals surface area (Å²) >= 11 is 2.74. The molecule has 2 aromatic heterocycles. The van der Waals surface area contributed by atoms with E-state index >= 15 is 0 Å². The highest BCUT2D eigenvalue weighted by Crippen LogP contribution is 2.31. The number of thiazole rings is 1. The first-order valence-electron chi connectivity index (χ1n) is 6.57. The Hall–Kier alpha value is -2.25. The zero-order valence-electron chi connectivity index (χ0n) is 11.8. The molecule has 7 heteroatoms. The van der Waals surface area contributed by atoms with Crippen LogP contribution in [0, 0.1) is 6.92 Å². The predicted molar refractivity (Wildman–Crippen MR) is 89.5 cm³/mol. The third kappa shape index (κ3) is 2.86. The summed E-state index contributed by atoms with van der Waals surface area (Å²) in [7, 11) is 0. The van der Waals surface area contributed by atoms with Gasteiger partial charge in [-0.25, -0.2) is 4.98 Å². The number of carbonyl (C=O) groups excluding carboxylic acids is 2. The SMILES string of the molecule is Cc1c(C(=O)Nc2nc(CC(N)=O)cs2)sc2ccccc12. The number of hydrogen-bond acceptors (Lipinski definition) is 5. The molecule has 0 fully saturated rings. The number of rotatable bonds is 4. The number of benzene rings is 1. The molecule has 0 radical (unpaired) electrons. The summed E-state index contributed by atoms with van der Waals surface area (Å²) < 4.78 is 1.08. The Labute approximate surface area is 134 Å². The molecule has 22 heavy (non-hydrogen) atoms. The van der Waals surface area contributed by atoms with Crippen molar-refractivity contribution in [3.05, 3.63) is 45.8 Å². The summed E-state index contributed by atoms with van der Waals surface area (Å²) in [6, 6.07) is 7.92. The summed E-state index contributed by atoms with van der Waals surface area (Å²) in [5, 5.41) is 6.06. The molecule has 2 heterocycles. The van der Waals surface area contributed by atoms with Crippen LogP contribution in [0.5, 0.6) is 0 Å². The lowest BCUT2D eigenvalue weighted by molar-refractivity contribution is -0.117. The molecule has 1 aromatic carbocycles. The smallest absolute Gasteiger partial charge is 0.267 e. The van der Waals surface area contributed by atoms with Crippen molar-refractivity contribution in [1.29, 1.82) is 0 Å². The number of primary amides is 1. The molecule has 0 spiro atoms. The van der Waals surface area contributed by atoms with Crippen molar-refractivity contribution in [2.24, 2.45) is 5.73 Å². The van der Waals surface area contributed by atoms with E-state index in [2.05, 4.69) is 10.3 Å². The van der Waals surface area contributed by atoms with Gasteiger partial charge >= 0.3 is 0 Å².